The Kier molecular flexibility index (Phi) is 10.7. The maximum Gasteiger partial charge on any atom is 0.340 e. The minimum absolute atomic E-state index is 0.00997. The summed E-state index contributed by atoms with van der Waals surface area (Å²) >= 11 is 5.94. The first-order chi connectivity index (χ1) is 16.4. The fourth-order valence-electron chi connectivity index (χ4n) is 4.47. The van der Waals surface area contributed by atoms with Crippen molar-refractivity contribution < 1.29 is 18.7 Å². The number of ether oxygens (including phenoxy) is 2. The van der Waals surface area contributed by atoms with Crippen molar-refractivity contribution >= 4 is 17.6 Å². The first-order valence-corrected chi connectivity index (χ1v) is 13.2. The Bertz CT molecular complexity index is 858. The van der Waals surface area contributed by atoms with E-state index >= 15 is 0 Å². The fourth-order valence-corrected chi connectivity index (χ4v) is 4.53. The van der Waals surface area contributed by atoms with E-state index in [0.29, 0.717) is 12.5 Å². The largest absolute Gasteiger partial charge is 0.492 e. The van der Waals surface area contributed by atoms with Crippen LogP contribution in [0.15, 0.2) is 48.5 Å². The van der Waals surface area contributed by atoms with Crippen molar-refractivity contribution in [3.8, 4) is 16.9 Å². The molecular weight excluding hydrogens is 451 g/mol. The predicted octanol–water partition coefficient (Wildman–Crippen LogP) is 7.92. The van der Waals surface area contributed by atoms with Crippen LogP contribution in [0, 0.1) is 5.92 Å². The van der Waals surface area contributed by atoms with E-state index < -0.39 is 12.1 Å². The minimum Gasteiger partial charge on any atom is -0.492 e. The molecule has 2 aromatic carbocycles. The van der Waals surface area contributed by atoms with Crippen LogP contribution in [-0.2, 0) is 16.0 Å². The molecule has 5 heteroatoms. The van der Waals surface area contributed by atoms with Crippen molar-refractivity contribution in [3.63, 3.8) is 0 Å². The molecule has 0 bridgehead atoms. The molecule has 0 amide bonds. The molecule has 0 N–H and O–H groups in total. The number of carbonyl (C=O) groups is 1. The molecule has 2 aromatic rings. The van der Waals surface area contributed by atoms with Crippen molar-refractivity contribution in [3.05, 3.63) is 54.1 Å². The van der Waals surface area contributed by atoms with Crippen LogP contribution in [0.1, 0.15) is 70.8 Å². The van der Waals surface area contributed by atoms with Crippen molar-refractivity contribution in [1.29, 1.82) is 0 Å². The highest BCUT2D eigenvalue weighted by Gasteiger charge is 2.27. The van der Waals surface area contributed by atoms with Crippen LogP contribution in [-0.4, -0.2) is 30.2 Å². The van der Waals surface area contributed by atoms with E-state index in [9.17, 15) is 9.18 Å². The molecule has 0 spiro atoms. The van der Waals surface area contributed by atoms with Gasteiger partial charge in [0.1, 0.15) is 18.5 Å². The van der Waals surface area contributed by atoms with Crippen LogP contribution in [0.3, 0.4) is 0 Å². The zero-order valence-corrected chi connectivity index (χ0v) is 21.2. The third-order valence-corrected chi connectivity index (χ3v) is 6.73. The zero-order chi connectivity index (χ0) is 24.3. The van der Waals surface area contributed by atoms with Gasteiger partial charge in [-0.1, -0.05) is 56.2 Å². The lowest BCUT2D eigenvalue weighted by atomic mass is 9.83. The lowest BCUT2D eigenvalue weighted by molar-refractivity contribution is -0.157. The summed E-state index contributed by atoms with van der Waals surface area (Å²) in [5, 5.41) is -0.00997. The average Bonchev–Trinajstić information content (AvgIpc) is 2.86. The van der Waals surface area contributed by atoms with Gasteiger partial charge in [0, 0.05) is 0 Å². The van der Waals surface area contributed by atoms with Crippen LogP contribution in [0.5, 0.6) is 5.75 Å². The minimum atomic E-state index is -1.47. The number of benzene rings is 2. The standard InChI is InChI=1S/C29H38ClFO3/c1-3-4-5-28(31)29(32)34-27-16-10-23(11-17-27)7-6-22-8-12-24(13-9-22)25-14-18-26(19-15-25)33-20-21(2)30/h8-9,12-15,18-19,21,23,27-28H,3-7,10-11,16-17,20H2,1-2H3/t21-,23?,27?,28-/m1/s1. The summed E-state index contributed by atoms with van der Waals surface area (Å²) in [5.74, 6) is 0.807. The average molecular weight is 489 g/mol. The number of alkyl halides is 2. The molecule has 0 radical (unpaired) electrons. The summed E-state index contributed by atoms with van der Waals surface area (Å²) in [4.78, 5) is 11.9. The maximum atomic E-state index is 13.9. The lowest BCUT2D eigenvalue weighted by Gasteiger charge is -2.28. The van der Waals surface area contributed by atoms with E-state index in [0.717, 1.165) is 62.7 Å². The molecule has 0 saturated heterocycles. The Morgan fingerprint density at radius 1 is 1.03 bits per heavy atom. The van der Waals surface area contributed by atoms with Gasteiger partial charge < -0.3 is 9.47 Å². The highest BCUT2D eigenvalue weighted by molar-refractivity contribution is 6.20. The van der Waals surface area contributed by atoms with Gasteiger partial charge in [-0.3, -0.25) is 0 Å². The van der Waals surface area contributed by atoms with Gasteiger partial charge in [0.15, 0.2) is 6.17 Å². The van der Waals surface area contributed by atoms with Gasteiger partial charge in [0.05, 0.1) is 5.38 Å². The van der Waals surface area contributed by atoms with Gasteiger partial charge in [-0.25, -0.2) is 9.18 Å². The summed E-state index contributed by atoms with van der Waals surface area (Å²) in [5.41, 5.74) is 3.69. The quantitative estimate of drug-likeness (QED) is 0.225. The molecule has 186 valence electrons. The molecule has 0 unspecified atom stereocenters. The van der Waals surface area contributed by atoms with Crippen LogP contribution in [0.4, 0.5) is 4.39 Å². The zero-order valence-electron chi connectivity index (χ0n) is 20.5. The normalized spacial score (nSPS) is 19.9. The number of unbranched alkanes of at least 4 members (excludes halogenated alkanes) is 1. The van der Waals surface area contributed by atoms with Crippen molar-refractivity contribution in [2.45, 2.75) is 89.3 Å². The van der Waals surface area contributed by atoms with Crippen LogP contribution in [0.25, 0.3) is 11.1 Å². The summed E-state index contributed by atoms with van der Waals surface area (Å²) in [6.07, 6.45) is 6.26. The number of halogens is 2. The van der Waals surface area contributed by atoms with Gasteiger partial charge in [-0.15, -0.1) is 11.6 Å². The molecular formula is C29H38ClFO3. The highest BCUT2D eigenvalue weighted by Crippen LogP contribution is 2.30. The third-order valence-electron chi connectivity index (χ3n) is 6.61. The summed E-state index contributed by atoms with van der Waals surface area (Å²) in [6, 6.07) is 16.9. The van der Waals surface area contributed by atoms with Crippen LogP contribution < -0.4 is 4.74 Å². The van der Waals surface area contributed by atoms with E-state index in [2.05, 4.69) is 36.4 Å². The first-order valence-electron chi connectivity index (χ1n) is 12.8. The Hall–Kier alpha value is -2.07. The van der Waals surface area contributed by atoms with Gasteiger partial charge in [0.2, 0.25) is 0 Å². The van der Waals surface area contributed by atoms with E-state index in [-0.39, 0.29) is 17.9 Å². The number of hydrogen-bond acceptors (Lipinski definition) is 3. The SMILES string of the molecule is CCCC[C@@H](F)C(=O)OC1CCC(CCc2ccc(-c3ccc(OC[C@@H](C)Cl)cc3)cc2)CC1. The Labute approximate surface area is 209 Å². The second-order valence-electron chi connectivity index (χ2n) is 9.54. The van der Waals surface area contributed by atoms with Crippen LogP contribution >= 0.6 is 11.6 Å². The van der Waals surface area contributed by atoms with Crippen molar-refractivity contribution in [1.82, 2.24) is 0 Å². The highest BCUT2D eigenvalue weighted by atomic mass is 35.5. The molecule has 2 atom stereocenters. The number of carbonyl (C=O) groups excluding carboxylic acids is 1. The first kappa shape index (κ1) is 26.5. The lowest BCUT2D eigenvalue weighted by Crippen LogP contribution is -2.29. The number of aryl methyl sites for hydroxylation is 1. The molecule has 3 rings (SSSR count). The fraction of sp³-hybridized carbons (Fsp3) is 0.552. The molecule has 3 nitrogen and oxygen atoms in total. The van der Waals surface area contributed by atoms with E-state index in [1.54, 1.807) is 0 Å². The topological polar surface area (TPSA) is 35.5 Å². The number of rotatable bonds is 12. The third kappa shape index (κ3) is 8.61. The molecule has 1 saturated carbocycles. The smallest absolute Gasteiger partial charge is 0.340 e. The van der Waals surface area contributed by atoms with E-state index in [4.69, 9.17) is 21.1 Å². The van der Waals surface area contributed by atoms with E-state index in [1.165, 1.54) is 11.1 Å². The molecule has 34 heavy (non-hydrogen) atoms. The Balaban J connectivity index is 1.39. The monoisotopic (exact) mass is 488 g/mol. The maximum absolute atomic E-state index is 13.9. The number of hydrogen-bond donors (Lipinski definition) is 0. The van der Waals surface area contributed by atoms with Crippen molar-refractivity contribution in [2.24, 2.45) is 5.92 Å². The Morgan fingerprint density at radius 3 is 2.24 bits per heavy atom. The molecule has 0 aliphatic heterocycles. The molecule has 1 fully saturated rings. The number of esters is 1. The predicted molar refractivity (Wildman–Crippen MR) is 137 cm³/mol. The van der Waals surface area contributed by atoms with Gasteiger partial charge >= 0.3 is 5.97 Å². The van der Waals surface area contributed by atoms with Crippen molar-refractivity contribution in [2.75, 3.05) is 6.61 Å². The van der Waals surface area contributed by atoms with Crippen LogP contribution in [0.2, 0.25) is 0 Å². The van der Waals surface area contributed by atoms with Gasteiger partial charge in [-0.05, 0) is 86.6 Å². The molecule has 1 aliphatic carbocycles. The summed E-state index contributed by atoms with van der Waals surface area (Å²) in [7, 11) is 0. The molecule has 1 aliphatic rings. The summed E-state index contributed by atoms with van der Waals surface area (Å²) < 4.78 is 24.9. The van der Waals surface area contributed by atoms with Gasteiger partial charge in [0.25, 0.3) is 0 Å². The Morgan fingerprint density at radius 2 is 1.65 bits per heavy atom. The van der Waals surface area contributed by atoms with Gasteiger partial charge in [-0.2, -0.15) is 0 Å². The molecule has 0 heterocycles. The van der Waals surface area contributed by atoms with E-state index in [1.807, 2.05) is 26.0 Å². The summed E-state index contributed by atoms with van der Waals surface area (Å²) in [6.45, 7) is 4.41. The molecule has 0 aromatic heterocycles. The second-order valence-corrected chi connectivity index (χ2v) is 10.3. The second kappa shape index (κ2) is 13.7.